The van der Waals surface area contributed by atoms with Gasteiger partial charge in [-0.1, -0.05) is 72.8 Å². The van der Waals surface area contributed by atoms with Crippen molar-refractivity contribution in [3.63, 3.8) is 0 Å². The van der Waals surface area contributed by atoms with Crippen LogP contribution in [-0.2, 0) is 38.4 Å². The first-order valence-electron chi connectivity index (χ1n) is 18.8. The molecule has 0 spiro atoms. The van der Waals surface area contributed by atoms with Crippen LogP contribution >= 0.6 is 0 Å². The molecule has 0 heterocycles. The van der Waals surface area contributed by atoms with Crippen molar-refractivity contribution in [2.24, 2.45) is 29.2 Å². The third-order valence-corrected chi connectivity index (χ3v) is 11.0. The number of rotatable bonds is 15. The summed E-state index contributed by atoms with van der Waals surface area (Å²) in [6.45, 7) is 0. The van der Waals surface area contributed by atoms with Crippen LogP contribution in [0.1, 0.15) is 61.6 Å². The number of Topliss-reactive ketones (excluding diaryl/α,β-unsaturated/α-hetero) is 1. The summed E-state index contributed by atoms with van der Waals surface area (Å²) in [4.78, 5) is 57.0. The minimum absolute atomic E-state index is 0.0892. The zero-order valence-electron chi connectivity index (χ0n) is 30.4. The van der Waals surface area contributed by atoms with Gasteiger partial charge in [-0.25, -0.2) is 9.79 Å². The first-order chi connectivity index (χ1) is 26.2. The van der Waals surface area contributed by atoms with Gasteiger partial charge < -0.3 is 20.7 Å². The quantitative estimate of drug-likeness (QED) is 0.102. The normalized spacial score (nSPS) is 22.8. The van der Waals surface area contributed by atoms with Gasteiger partial charge in [-0.05, 0) is 97.9 Å². The van der Waals surface area contributed by atoms with Crippen LogP contribution in [0.5, 0.6) is 0 Å². The standard InChI is InChI=1S/C41H47F3N6O5/c42-41(43,44)35(51)33(20-27-11-14-31(15-12-27)47-38(45)46)48-37(53)34(21-26-9-5-2-6-10-26)49-36(52)32(16-13-25-7-3-1-4-8-25)50-39(54)55-40-22-28-17-29(23-40)19-30(18-28)24-40/h1-12,14-15,28-30,32-34H,13,16-24H2,(H,48,53)(H,49,52)(H,50,54)(H4,45,46,47)/p+1/t28?,29?,30?,32-,33?,34+,40?/m1/s1. The Balaban J connectivity index is 1.21. The van der Waals surface area contributed by atoms with E-state index in [1.807, 2.05) is 30.3 Å². The zero-order valence-corrected chi connectivity index (χ0v) is 30.4. The van der Waals surface area contributed by atoms with E-state index >= 15 is 0 Å². The molecule has 1 unspecified atom stereocenters. The smallest absolute Gasteiger partial charge is 0.443 e. The Bertz CT molecular complexity index is 1820. The number of carbonyl (C=O) groups is 4. The summed E-state index contributed by atoms with van der Waals surface area (Å²) in [5, 5.41) is 7.73. The van der Waals surface area contributed by atoms with Crippen molar-refractivity contribution in [3.8, 4) is 0 Å². The number of nitrogens with one attached hydrogen (secondary N) is 4. The van der Waals surface area contributed by atoms with Gasteiger partial charge in [0, 0.05) is 12.8 Å². The molecule has 4 bridgehead atoms. The molecule has 14 heteroatoms. The van der Waals surface area contributed by atoms with Crippen molar-refractivity contribution in [2.45, 2.75) is 94.1 Å². The summed E-state index contributed by atoms with van der Waals surface area (Å²) < 4.78 is 47.8. The van der Waals surface area contributed by atoms with Crippen LogP contribution in [0.4, 0.5) is 23.7 Å². The highest BCUT2D eigenvalue weighted by atomic mass is 19.4. The monoisotopic (exact) mass is 761 g/mol. The predicted molar refractivity (Wildman–Crippen MR) is 198 cm³/mol. The number of alkyl halides is 3. The largest absolute Gasteiger partial charge is 0.452 e. The molecule has 7 rings (SSSR count). The molecule has 8 N–H and O–H groups in total. The highest BCUT2D eigenvalue weighted by molar-refractivity contribution is 5.96. The second-order valence-electron chi connectivity index (χ2n) is 15.4. The number of guanidine groups is 1. The molecule has 3 amide bonds. The van der Waals surface area contributed by atoms with Gasteiger partial charge in [-0.3, -0.25) is 25.9 Å². The molecular formula is C41H48F3N6O5+. The van der Waals surface area contributed by atoms with Gasteiger partial charge in [-0.2, -0.15) is 13.2 Å². The molecule has 4 saturated carbocycles. The van der Waals surface area contributed by atoms with Gasteiger partial charge in [-0.15, -0.1) is 0 Å². The number of amides is 3. The van der Waals surface area contributed by atoms with E-state index in [9.17, 15) is 32.3 Å². The molecule has 11 nitrogen and oxygen atoms in total. The summed E-state index contributed by atoms with van der Waals surface area (Å²) in [5.41, 5.74) is 12.7. The van der Waals surface area contributed by atoms with Crippen molar-refractivity contribution in [1.82, 2.24) is 16.0 Å². The highest BCUT2D eigenvalue weighted by Crippen LogP contribution is 2.57. The number of hydrogen-bond donors (Lipinski definition) is 6. The number of ketones is 1. The first-order valence-corrected chi connectivity index (χ1v) is 18.8. The zero-order chi connectivity index (χ0) is 39.2. The molecule has 0 aliphatic heterocycles. The Morgan fingerprint density at radius 1 is 0.691 bits per heavy atom. The molecule has 3 atom stereocenters. The minimum atomic E-state index is -5.26. The third kappa shape index (κ3) is 10.6. The van der Waals surface area contributed by atoms with Crippen molar-refractivity contribution in [1.29, 1.82) is 0 Å². The van der Waals surface area contributed by atoms with E-state index in [-0.39, 0.29) is 18.8 Å². The van der Waals surface area contributed by atoms with Crippen molar-refractivity contribution in [2.75, 3.05) is 0 Å². The lowest BCUT2D eigenvalue weighted by molar-refractivity contribution is -0.356. The Morgan fingerprint density at radius 2 is 1.18 bits per heavy atom. The van der Waals surface area contributed by atoms with Gasteiger partial charge in [0.25, 0.3) is 5.78 Å². The second-order valence-corrected chi connectivity index (χ2v) is 15.4. The van der Waals surface area contributed by atoms with Crippen LogP contribution in [0, 0.1) is 17.8 Å². The molecule has 292 valence electrons. The molecule has 4 fully saturated rings. The molecule has 3 aromatic rings. The Hall–Kier alpha value is -5.40. The van der Waals surface area contributed by atoms with E-state index in [2.05, 4.69) is 20.9 Å². The number of hydrogen-bond acceptors (Lipinski definition) is 5. The van der Waals surface area contributed by atoms with E-state index in [1.54, 1.807) is 30.3 Å². The summed E-state index contributed by atoms with van der Waals surface area (Å²) in [6, 6.07) is 19.4. The van der Waals surface area contributed by atoms with E-state index in [4.69, 9.17) is 16.2 Å². The molecular weight excluding hydrogens is 713 g/mol. The average molecular weight is 762 g/mol. The molecule has 4 aliphatic rings. The average Bonchev–Trinajstić information content (AvgIpc) is 3.12. The van der Waals surface area contributed by atoms with E-state index < -0.39 is 60.0 Å². The fraction of sp³-hybridized carbons (Fsp3) is 0.439. The van der Waals surface area contributed by atoms with E-state index in [0.29, 0.717) is 41.0 Å². The molecule has 55 heavy (non-hydrogen) atoms. The lowest BCUT2D eigenvalue weighted by Gasteiger charge is -2.55. The maximum Gasteiger partial charge on any atom is 0.452 e. The van der Waals surface area contributed by atoms with Gasteiger partial charge in [0.15, 0.2) is 0 Å². The first kappa shape index (κ1) is 39.3. The fourth-order valence-electron chi connectivity index (χ4n) is 8.89. The fourth-order valence-corrected chi connectivity index (χ4v) is 8.89. The molecule has 0 radical (unpaired) electrons. The van der Waals surface area contributed by atoms with Gasteiger partial charge in [0.05, 0.1) is 5.69 Å². The van der Waals surface area contributed by atoms with Crippen LogP contribution in [0.25, 0.3) is 0 Å². The SMILES string of the molecule is NC(N)=[NH+]c1ccc(CC(NC(=O)[C@H](Cc2ccccc2)NC(=O)[C@@H](CCc2ccccc2)NC(=O)OC23CC4CC(CC(C4)C2)C3)C(=O)C(F)(F)F)cc1. The molecule has 4 aliphatic carbocycles. The van der Waals surface area contributed by atoms with Gasteiger partial charge >= 0.3 is 18.2 Å². The predicted octanol–water partition coefficient (Wildman–Crippen LogP) is 3.25. The molecule has 3 aromatic carbocycles. The van der Waals surface area contributed by atoms with Crippen molar-refractivity contribution in [3.05, 3.63) is 102 Å². The van der Waals surface area contributed by atoms with Crippen LogP contribution in [0.2, 0.25) is 0 Å². The Kier molecular flexibility index (Phi) is 12.1. The Labute approximate surface area is 317 Å². The number of ether oxygens (including phenoxy) is 1. The number of aryl methyl sites for hydroxylation is 1. The minimum Gasteiger partial charge on any atom is -0.443 e. The summed E-state index contributed by atoms with van der Waals surface area (Å²) in [7, 11) is 0. The Morgan fingerprint density at radius 3 is 1.73 bits per heavy atom. The number of benzene rings is 3. The van der Waals surface area contributed by atoms with Crippen LogP contribution in [0.15, 0.2) is 84.9 Å². The van der Waals surface area contributed by atoms with Crippen LogP contribution < -0.4 is 32.4 Å². The topological polar surface area (TPSA) is 180 Å². The lowest BCUT2D eigenvalue weighted by atomic mass is 9.54. The van der Waals surface area contributed by atoms with Crippen molar-refractivity contribution >= 4 is 35.3 Å². The van der Waals surface area contributed by atoms with E-state index in [0.717, 1.165) is 44.1 Å². The van der Waals surface area contributed by atoms with Gasteiger partial charge in [0.2, 0.25) is 11.8 Å². The molecule has 0 saturated heterocycles. The summed E-state index contributed by atoms with van der Waals surface area (Å²) in [6.07, 6.45) is -0.170. The second kappa shape index (κ2) is 17.0. The number of halogens is 3. The van der Waals surface area contributed by atoms with Crippen molar-refractivity contribution < 1.29 is 42.1 Å². The number of carbonyl (C=O) groups excluding carboxylic acids is 4. The molecule has 0 aromatic heterocycles. The maximum atomic E-state index is 14.1. The summed E-state index contributed by atoms with van der Waals surface area (Å²) in [5.74, 6) is -2.39. The van der Waals surface area contributed by atoms with Gasteiger partial charge in [0.1, 0.15) is 23.7 Å². The van der Waals surface area contributed by atoms with E-state index in [1.165, 1.54) is 24.3 Å². The third-order valence-electron chi connectivity index (χ3n) is 11.0. The highest BCUT2D eigenvalue weighted by Gasteiger charge is 2.53. The summed E-state index contributed by atoms with van der Waals surface area (Å²) >= 11 is 0. The van der Waals surface area contributed by atoms with Crippen LogP contribution in [0.3, 0.4) is 0 Å². The van der Waals surface area contributed by atoms with Crippen LogP contribution in [-0.4, -0.2) is 59.6 Å². The number of nitrogens with two attached hydrogens (primary N) is 2. The lowest BCUT2D eigenvalue weighted by Crippen LogP contribution is -2.72. The number of alkyl carbamates (subject to hydrolysis) is 1. The maximum absolute atomic E-state index is 14.1.